The van der Waals surface area contributed by atoms with Gasteiger partial charge in [0.05, 0.1) is 18.4 Å². The lowest BCUT2D eigenvalue weighted by Crippen LogP contribution is -2.46. The Labute approximate surface area is 235 Å². The first-order valence-corrected chi connectivity index (χ1v) is 14.5. The molecule has 1 aliphatic heterocycles. The van der Waals surface area contributed by atoms with Gasteiger partial charge in [0, 0.05) is 25.4 Å². The van der Waals surface area contributed by atoms with Crippen LogP contribution in [0.2, 0.25) is 0 Å². The predicted octanol–water partition coefficient (Wildman–Crippen LogP) is 3.48. The maximum Gasteiger partial charge on any atom is 0.306 e. The minimum absolute atomic E-state index is 0.0263. The molecule has 1 aromatic rings. The third kappa shape index (κ3) is 9.41. The summed E-state index contributed by atoms with van der Waals surface area (Å²) in [5, 5.41) is 0. The molecule has 10 heteroatoms. The Morgan fingerprint density at radius 2 is 1.73 bits per heavy atom. The number of alkyl halides is 1. The van der Waals surface area contributed by atoms with Gasteiger partial charge in [0.1, 0.15) is 13.3 Å². The van der Waals surface area contributed by atoms with Crippen molar-refractivity contribution in [3.05, 3.63) is 35.9 Å². The highest BCUT2D eigenvalue weighted by atomic mass is 19.1. The van der Waals surface area contributed by atoms with Crippen LogP contribution < -0.4 is 11.5 Å². The monoisotopic (exact) mass is 558 g/mol. The maximum atomic E-state index is 13.9. The van der Waals surface area contributed by atoms with Crippen molar-refractivity contribution in [2.24, 2.45) is 34.2 Å². The zero-order chi connectivity index (χ0) is 28.9. The molecular weight excluding hydrogens is 515 g/mol. The first-order chi connectivity index (χ1) is 19.3. The number of nitrogens with zero attached hydrogens (tertiary/aromatic N) is 2. The summed E-state index contributed by atoms with van der Waals surface area (Å²) in [5.74, 6) is -2.85. The number of hydrogen-bond donors (Lipinski definition) is 2. The Morgan fingerprint density at radius 3 is 2.40 bits per heavy atom. The lowest BCUT2D eigenvalue weighted by molar-refractivity contribution is -0.152. The van der Waals surface area contributed by atoms with Crippen LogP contribution in [0.4, 0.5) is 4.39 Å². The second-order valence-corrected chi connectivity index (χ2v) is 11.0. The molecule has 3 atom stereocenters. The number of amides is 1. The first kappa shape index (κ1) is 31.2. The maximum absolute atomic E-state index is 13.9. The lowest BCUT2D eigenvalue weighted by Gasteiger charge is -2.34. The zero-order valence-corrected chi connectivity index (χ0v) is 23.3. The van der Waals surface area contributed by atoms with E-state index < -0.39 is 36.3 Å². The molecule has 1 aliphatic carbocycles. The molecule has 0 bridgehead atoms. The van der Waals surface area contributed by atoms with Crippen molar-refractivity contribution in [2.45, 2.75) is 83.3 Å². The largest absolute Gasteiger partial charge is 0.461 e. The van der Waals surface area contributed by atoms with E-state index in [1.165, 1.54) is 0 Å². The van der Waals surface area contributed by atoms with Crippen molar-refractivity contribution >= 4 is 29.4 Å². The average Bonchev–Trinajstić information content (AvgIpc) is 3.47. The molecule has 1 saturated heterocycles. The fraction of sp³-hybridized carbons (Fsp3) is 0.633. The third-order valence-electron chi connectivity index (χ3n) is 8.11. The minimum atomic E-state index is -1.15. The van der Waals surface area contributed by atoms with Crippen LogP contribution in [0.15, 0.2) is 35.3 Å². The van der Waals surface area contributed by atoms with Gasteiger partial charge in [-0.2, -0.15) is 0 Å². The smallest absolute Gasteiger partial charge is 0.306 e. The number of halogens is 1. The normalized spacial score (nSPS) is 19.0. The van der Waals surface area contributed by atoms with Gasteiger partial charge in [-0.1, -0.05) is 49.6 Å². The van der Waals surface area contributed by atoms with Gasteiger partial charge < -0.3 is 21.1 Å². The lowest BCUT2D eigenvalue weighted by atomic mass is 9.77. The number of carbonyl (C=O) groups is 4. The summed E-state index contributed by atoms with van der Waals surface area (Å²) in [5.41, 5.74) is 11.5. The molecule has 0 unspecified atom stereocenters. The topological polar surface area (TPSA) is 145 Å². The van der Waals surface area contributed by atoms with Crippen molar-refractivity contribution in [1.82, 2.24) is 4.90 Å². The van der Waals surface area contributed by atoms with Crippen LogP contribution in [0.25, 0.3) is 0 Å². The van der Waals surface area contributed by atoms with Crippen LogP contribution in [-0.2, 0) is 30.5 Å². The number of Topliss-reactive ketones (excluding diaryl/α,β-unsaturated/α-hetero) is 2. The van der Waals surface area contributed by atoms with E-state index in [1.54, 1.807) is 4.90 Å². The number of carbonyl (C=O) groups excluding carboxylic acids is 4. The summed E-state index contributed by atoms with van der Waals surface area (Å²) in [6, 6.07) is 8.71. The molecular formula is C30H43FN4O5. The minimum Gasteiger partial charge on any atom is -0.461 e. The van der Waals surface area contributed by atoms with Crippen molar-refractivity contribution < 1.29 is 28.3 Å². The molecule has 220 valence electrons. The molecule has 1 amide bonds. The van der Waals surface area contributed by atoms with E-state index in [-0.39, 0.29) is 56.0 Å². The van der Waals surface area contributed by atoms with E-state index in [1.807, 2.05) is 30.3 Å². The van der Waals surface area contributed by atoms with Crippen molar-refractivity contribution in [3.8, 4) is 0 Å². The number of esters is 1. The number of guanidine groups is 1. The number of hydrogen-bond acceptors (Lipinski definition) is 6. The molecule has 0 radical (unpaired) electrons. The van der Waals surface area contributed by atoms with Gasteiger partial charge in [-0.3, -0.25) is 24.2 Å². The highest BCUT2D eigenvalue weighted by Crippen LogP contribution is 2.35. The standard InChI is InChI=1S/C30H43FN4O5/c31-19-27(37)23(13-7-15-34-30(32)33)17-26(36)25-14-8-16-35(25)29(39)24(22-11-5-2-6-12-22)18-28(38)40-20-21-9-3-1-4-10-21/h1,3-4,9-10,22-25H,2,5-8,11-20H2,(H4,32,33,34)/t23-,24+,25+/m1/s1. The van der Waals surface area contributed by atoms with E-state index in [2.05, 4.69) is 4.99 Å². The number of ether oxygens (including phenoxy) is 1. The zero-order valence-electron chi connectivity index (χ0n) is 23.3. The summed E-state index contributed by atoms with van der Waals surface area (Å²) in [7, 11) is 0. The van der Waals surface area contributed by atoms with Crippen molar-refractivity contribution in [3.63, 3.8) is 0 Å². The number of benzene rings is 1. The Hall–Kier alpha value is -3.30. The van der Waals surface area contributed by atoms with Gasteiger partial charge in [-0.05, 0) is 50.0 Å². The average molecular weight is 559 g/mol. The van der Waals surface area contributed by atoms with E-state index in [0.29, 0.717) is 25.8 Å². The Bertz CT molecular complexity index is 1020. The molecule has 3 rings (SSSR count). The van der Waals surface area contributed by atoms with E-state index in [4.69, 9.17) is 16.2 Å². The number of likely N-dealkylation sites (tertiary alicyclic amines) is 1. The fourth-order valence-corrected chi connectivity index (χ4v) is 5.96. The summed E-state index contributed by atoms with van der Waals surface area (Å²) in [4.78, 5) is 57.9. The molecule has 2 aliphatic rings. The van der Waals surface area contributed by atoms with Gasteiger partial charge in [0.15, 0.2) is 17.5 Å². The van der Waals surface area contributed by atoms with Crippen LogP contribution in [0, 0.1) is 17.8 Å². The second-order valence-electron chi connectivity index (χ2n) is 11.0. The molecule has 1 saturated carbocycles. The van der Waals surface area contributed by atoms with Gasteiger partial charge in [-0.25, -0.2) is 4.39 Å². The molecule has 2 fully saturated rings. The summed E-state index contributed by atoms with van der Waals surface area (Å²) < 4.78 is 18.8. The number of nitrogens with two attached hydrogens (primary N) is 2. The summed E-state index contributed by atoms with van der Waals surface area (Å²) in [6.45, 7) is -0.306. The number of ketones is 2. The van der Waals surface area contributed by atoms with Crippen molar-refractivity contribution in [1.29, 1.82) is 0 Å². The van der Waals surface area contributed by atoms with Crippen LogP contribution in [0.5, 0.6) is 0 Å². The highest BCUT2D eigenvalue weighted by molar-refractivity contribution is 5.94. The molecule has 1 heterocycles. The molecule has 40 heavy (non-hydrogen) atoms. The molecule has 4 N–H and O–H groups in total. The van der Waals surface area contributed by atoms with Crippen LogP contribution >= 0.6 is 0 Å². The highest BCUT2D eigenvalue weighted by Gasteiger charge is 2.41. The number of rotatable bonds is 15. The van der Waals surface area contributed by atoms with E-state index in [9.17, 15) is 23.6 Å². The molecule has 0 spiro atoms. The van der Waals surface area contributed by atoms with Gasteiger partial charge >= 0.3 is 5.97 Å². The SMILES string of the molecule is NC(N)=NCCC[C@H](CC(=O)[C@@H]1CCCN1C(=O)[C@@H](CC(=O)OCc1ccccc1)C1CCCCC1)C(=O)CF. The second kappa shape index (κ2) is 16.1. The van der Waals surface area contributed by atoms with Crippen LogP contribution in [-0.4, -0.2) is 60.1 Å². The van der Waals surface area contributed by atoms with Gasteiger partial charge in [0.25, 0.3) is 0 Å². The quantitative estimate of drug-likeness (QED) is 0.145. The Balaban J connectivity index is 1.67. The third-order valence-corrected chi connectivity index (χ3v) is 8.11. The Morgan fingerprint density at radius 1 is 1.00 bits per heavy atom. The summed E-state index contributed by atoms with van der Waals surface area (Å²) in [6.07, 6.45) is 6.53. The summed E-state index contributed by atoms with van der Waals surface area (Å²) >= 11 is 0. The van der Waals surface area contributed by atoms with Crippen LogP contribution in [0.1, 0.15) is 76.2 Å². The van der Waals surface area contributed by atoms with E-state index in [0.717, 1.165) is 37.7 Å². The fourth-order valence-electron chi connectivity index (χ4n) is 5.96. The molecule has 9 nitrogen and oxygen atoms in total. The molecule has 1 aromatic carbocycles. The Kier molecular flexibility index (Phi) is 12.6. The number of aliphatic imine (C=N–C) groups is 1. The van der Waals surface area contributed by atoms with Crippen molar-refractivity contribution in [2.75, 3.05) is 19.8 Å². The van der Waals surface area contributed by atoms with Gasteiger partial charge in [-0.15, -0.1) is 0 Å². The first-order valence-electron chi connectivity index (χ1n) is 14.5. The van der Waals surface area contributed by atoms with Crippen LogP contribution in [0.3, 0.4) is 0 Å². The molecule has 0 aromatic heterocycles. The van der Waals surface area contributed by atoms with E-state index >= 15 is 0 Å². The predicted molar refractivity (Wildman–Crippen MR) is 150 cm³/mol. The van der Waals surface area contributed by atoms with Gasteiger partial charge in [0.2, 0.25) is 5.91 Å².